The molecule has 7 atom stereocenters. The van der Waals surface area contributed by atoms with Gasteiger partial charge in [0.05, 0.1) is 16.9 Å². The quantitative estimate of drug-likeness (QED) is 0.304. The van der Waals surface area contributed by atoms with E-state index in [0.29, 0.717) is 5.69 Å². The maximum absolute atomic E-state index is 13.8. The monoisotopic (exact) mass is 589 g/mol. The van der Waals surface area contributed by atoms with Crippen LogP contribution in [0.5, 0.6) is 5.75 Å². The molecule has 2 saturated carbocycles. The van der Waals surface area contributed by atoms with Gasteiger partial charge in [0.15, 0.2) is 0 Å². The van der Waals surface area contributed by atoms with Crippen LogP contribution in [0.3, 0.4) is 0 Å². The lowest BCUT2D eigenvalue weighted by Gasteiger charge is -2.43. The zero-order valence-corrected chi connectivity index (χ0v) is 24.6. The summed E-state index contributed by atoms with van der Waals surface area (Å²) in [7, 11) is 0. The highest BCUT2D eigenvalue weighted by atomic mass is 32.2. The summed E-state index contributed by atoms with van der Waals surface area (Å²) in [5.41, 5.74) is 2.86. The van der Waals surface area contributed by atoms with Crippen LogP contribution >= 0.6 is 23.1 Å². The molecule has 3 heterocycles. The predicted octanol–water partition coefficient (Wildman–Crippen LogP) is 4.55. The number of rotatable bonds is 4. The first-order valence-corrected chi connectivity index (χ1v) is 15.6. The fraction of sp³-hybridized carbons (Fsp3) is 0.419. The Morgan fingerprint density at radius 3 is 2.32 bits per heavy atom. The van der Waals surface area contributed by atoms with Crippen LogP contribution in [0.15, 0.2) is 58.4 Å². The number of fused-ring (bicyclic) bond motifs is 9. The van der Waals surface area contributed by atoms with E-state index >= 15 is 0 Å². The van der Waals surface area contributed by atoms with Crippen LogP contribution in [0.25, 0.3) is 0 Å². The zero-order chi connectivity index (χ0) is 28.8. The Morgan fingerprint density at radius 1 is 1.00 bits per heavy atom. The summed E-state index contributed by atoms with van der Waals surface area (Å²) in [6.45, 7) is 6.22. The van der Waals surface area contributed by atoms with Crippen molar-refractivity contribution < 1.29 is 19.5 Å². The molecule has 10 heteroatoms. The summed E-state index contributed by atoms with van der Waals surface area (Å²) in [6.07, 6.45) is 0.804. The van der Waals surface area contributed by atoms with Crippen molar-refractivity contribution in [2.24, 2.45) is 29.6 Å². The second kappa shape index (κ2) is 9.32. The molecule has 1 aromatic heterocycles. The molecule has 2 aromatic carbocycles. The second-order valence-electron chi connectivity index (χ2n) is 12.7. The van der Waals surface area contributed by atoms with E-state index < -0.39 is 17.7 Å². The maximum atomic E-state index is 13.8. The number of aromatic hydroxyl groups is 1. The van der Waals surface area contributed by atoms with Crippen molar-refractivity contribution in [3.63, 3.8) is 0 Å². The molecule has 2 aliphatic heterocycles. The lowest BCUT2D eigenvalue weighted by molar-refractivity contribution is -0.143. The van der Waals surface area contributed by atoms with Crippen molar-refractivity contribution in [1.29, 1.82) is 0 Å². The number of hydrogen-bond acceptors (Lipinski definition) is 7. The minimum atomic E-state index is -0.451. The summed E-state index contributed by atoms with van der Waals surface area (Å²) in [6, 6.07) is 14.7. The van der Waals surface area contributed by atoms with Gasteiger partial charge in [0.25, 0.3) is 0 Å². The Morgan fingerprint density at radius 2 is 1.66 bits per heavy atom. The third kappa shape index (κ3) is 4.17. The third-order valence-corrected chi connectivity index (χ3v) is 12.0. The fourth-order valence-electron chi connectivity index (χ4n) is 7.69. The minimum Gasteiger partial charge on any atom is -0.508 e. The molecule has 0 spiro atoms. The first-order chi connectivity index (χ1) is 19.5. The maximum Gasteiger partial charge on any atom is 0.305 e. The SMILES string of the molecule is CC(C)(C)c1ccc([C@H]2c3sc(=O)[nH]c3SC3C4CC(C5C(=O)N(CC(=O)Nc6ccc(O)cc6)C(=O)C45)C32)cc1. The number of thiazole rings is 1. The Balaban J connectivity index is 1.19. The smallest absolute Gasteiger partial charge is 0.305 e. The molecule has 6 unspecified atom stereocenters. The largest absolute Gasteiger partial charge is 0.508 e. The summed E-state index contributed by atoms with van der Waals surface area (Å²) >= 11 is 2.91. The number of imide groups is 1. The standard InChI is InChI=1S/C31H31N3O5S2/c1-31(2,3)15-6-4-14(5-7-15)21-22-18-12-19(25(22)40-27-26(21)41-30(39)33-27)24-23(18)28(37)34(29(24)38)13-20(36)32-16-8-10-17(35)11-9-16/h4-11,18-19,21-25,35H,12-13H2,1-3H3,(H,32,36)(H,33,39)/t18?,19?,21-,22?,23?,24?,25?/m1/s1. The number of nitrogens with one attached hydrogen (secondary N) is 2. The van der Waals surface area contributed by atoms with E-state index in [0.717, 1.165) is 26.8 Å². The highest BCUT2D eigenvalue weighted by Gasteiger charge is 2.69. The Bertz CT molecular complexity index is 1620. The van der Waals surface area contributed by atoms with E-state index in [1.54, 1.807) is 23.9 Å². The molecule has 2 aliphatic carbocycles. The van der Waals surface area contributed by atoms with Crippen LogP contribution in [0.1, 0.15) is 49.1 Å². The van der Waals surface area contributed by atoms with Crippen LogP contribution < -0.4 is 10.2 Å². The number of hydrogen-bond donors (Lipinski definition) is 3. The van der Waals surface area contributed by atoms with Crippen molar-refractivity contribution in [3.8, 4) is 5.75 Å². The second-order valence-corrected chi connectivity index (χ2v) is 14.9. The number of phenols is 1. The van der Waals surface area contributed by atoms with Gasteiger partial charge in [-0.15, -0.1) is 11.8 Å². The topological polar surface area (TPSA) is 120 Å². The molecule has 0 radical (unpaired) electrons. The molecule has 3 amide bonds. The number of carbonyl (C=O) groups excluding carboxylic acids is 3. The normalized spacial score (nSPS) is 29.8. The molecule has 212 valence electrons. The number of carbonyl (C=O) groups is 3. The molecule has 4 aliphatic rings. The lowest BCUT2D eigenvalue weighted by atomic mass is 9.68. The number of H-pyrrole nitrogens is 1. The van der Waals surface area contributed by atoms with E-state index in [-0.39, 0.29) is 63.3 Å². The fourth-order valence-corrected chi connectivity index (χ4v) is 10.6. The Kier molecular flexibility index (Phi) is 6.03. The number of amides is 3. The van der Waals surface area contributed by atoms with Gasteiger partial charge in [0.2, 0.25) is 17.7 Å². The van der Waals surface area contributed by atoms with Gasteiger partial charge in [-0.05, 0) is 65.0 Å². The molecule has 3 aromatic rings. The van der Waals surface area contributed by atoms with Gasteiger partial charge < -0.3 is 15.4 Å². The average molecular weight is 590 g/mol. The molecular formula is C31H31N3O5S2. The van der Waals surface area contributed by atoms with E-state index in [1.165, 1.54) is 29.0 Å². The van der Waals surface area contributed by atoms with Gasteiger partial charge in [0.1, 0.15) is 12.3 Å². The molecule has 3 fully saturated rings. The van der Waals surface area contributed by atoms with Gasteiger partial charge in [-0.3, -0.25) is 24.1 Å². The number of benzene rings is 2. The van der Waals surface area contributed by atoms with Gasteiger partial charge in [-0.25, -0.2) is 0 Å². The number of phenolic OH excluding ortho intramolecular Hbond substituents is 1. The van der Waals surface area contributed by atoms with Crippen molar-refractivity contribution in [2.75, 3.05) is 11.9 Å². The van der Waals surface area contributed by atoms with Crippen LogP contribution in [0.2, 0.25) is 0 Å². The molecule has 41 heavy (non-hydrogen) atoms. The Labute approximate surface area is 245 Å². The van der Waals surface area contributed by atoms with E-state index in [9.17, 15) is 24.3 Å². The predicted molar refractivity (Wildman–Crippen MR) is 157 cm³/mol. The van der Waals surface area contributed by atoms with Crippen molar-refractivity contribution in [3.05, 3.63) is 74.2 Å². The van der Waals surface area contributed by atoms with E-state index in [2.05, 4.69) is 55.3 Å². The zero-order valence-electron chi connectivity index (χ0n) is 22.9. The number of likely N-dealkylation sites (tertiary alicyclic amines) is 1. The summed E-state index contributed by atoms with van der Waals surface area (Å²) in [5.74, 6) is -1.66. The van der Waals surface area contributed by atoms with Crippen molar-refractivity contribution >= 4 is 46.5 Å². The third-order valence-electron chi connectivity index (χ3n) is 9.40. The van der Waals surface area contributed by atoms with Crippen molar-refractivity contribution in [1.82, 2.24) is 9.88 Å². The van der Waals surface area contributed by atoms with Crippen molar-refractivity contribution in [2.45, 2.75) is 48.8 Å². The number of aromatic nitrogens is 1. The highest BCUT2D eigenvalue weighted by Crippen LogP contribution is 2.68. The first-order valence-electron chi connectivity index (χ1n) is 14.0. The minimum absolute atomic E-state index is 0.00162. The van der Waals surface area contributed by atoms with Crippen LogP contribution in [0, 0.1) is 29.6 Å². The number of aromatic amines is 1. The number of nitrogens with zero attached hydrogens (tertiary/aromatic N) is 1. The van der Waals surface area contributed by atoms with Gasteiger partial charge in [-0.1, -0.05) is 56.4 Å². The summed E-state index contributed by atoms with van der Waals surface area (Å²) in [5, 5.41) is 13.2. The molecule has 3 N–H and O–H groups in total. The van der Waals surface area contributed by atoms with E-state index in [4.69, 9.17) is 0 Å². The molecule has 7 rings (SSSR count). The summed E-state index contributed by atoms with van der Waals surface area (Å²) in [4.78, 5) is 57.9. The lowest BCUT2D eigenvalue weighted by Crippen LogP contribution is -2.42. The van der Waals surface area contributed by atoms with Crippen LogP contribution in [0.4, 0.5) is 5.69 Å². The highest BCUT2D eigenvalue weighted by molar-refractivity contribution is 8.00. The number of anilines is 1. The van der Waals surface area contributed by atoms with E-state index in [1.807, 2.05) is 0 Å². The molecule has 2 bridgehead atoms. The molecular weight excluding hydrogens is 558 g/mol. The summed E-state index contributed by atoms with van der Waals surface area (Å²) < 4.78 is 0. The number of thioether (sulfide) groups is 1. The average Bonchev–Trinajstić information content (AvgIpc) is 3.65. The molecule has 8 nitrogen and oxygen atoms in total. The van der Waals surface area contributed by atoms with Crippen LogP contribution in [-0.4, -0.2) is 44.5 Å². The first kappa shape index (κ1) is 26.5. The van der Waals surface area contributed by atoms with Crippen LogP contribution in [-0.2, 0) is 19.8 Å². The Hall–Kier alpha value is -3.37. The van der Waals surface area contributed by atoms with Gasteiger partial charge in [0, 0.05) is 21.7 Å². The molecule has 1 saturated heterocycles. The van der Waals surface area contributed by atoms with Gasteiger partial charge >= 0.3 is 4.87 Å². The van der Waals surface area contributed by atoms with Gasteiger partial charge in [-0.2, -0.15) is 0 Å².